The van der Waals surface area contributed by atoms with Crippen LogP contribution in [0.25, 0.3) is 0 Å². The Bertz CT molecular complexity index is 430. The van der Waals surface area contributed by atoms with Gasteiger partial charge in [-0.25, -0.2) is 0 Å². The molecule has 1 atom stereocenters. The summed E-state index contributed by atoms with van der Waals surface area (Å²) in [6.45, 7) is 8.23. The SMILES string of the molecule is Cc1ccccc1CC(=O)C1(C(C)C)CCNC1. The van der Waals surface area contributed by atoms with Gasteiger partial charge in [0.25, 0.3) is 0 Å². The van der Waals surface area contributed by atoms with Crippen molar-refractivity contribution in [3.8, 4) is 0 Å². The Labute approximate surface area is 110 Å². The number of nitrogens with one attached hydrogen (secondary N) is 1. The zero-order valence-electron chi connectivity index (χ0n) is 11.6. The van der Waals surface area contributed by atoms with Crippen LogP contribution in [0.5, 0.6) is 0 Å². The number of rotatable bonds is 4. The lowest BCUT2D eigenvalue weighted by Crippen LogP contribution is -2.39. The number of carbonyl (C=O) groups excluding carboxylic acids is 1. The second-order valence-corrected chi connectivity index (χ2v) is 5.76. The van der Waals surface area contributed by atoms with Gasteiger partial charge in [-0.1, -0.05) is 38.1 Å². The number of Topliss-reactive ketones (excluding diaryl/α,β-unsaturated/α-hetero) is 1. The maximum atomic E-state index is 12.7. The minimum Gasteiger partial charge on any atom is -0.316 e. The Balaban J connectivity index is 2.19. The molecule has 0 radical (unpaired) electrons. The fraction of sp³-hybridized carbons (Fsp3) is 0.562. The molecule has 2 nitrogen and oxygen atoms in total. The Morgan fingerprint density at radius 3 is 2.67 bits per heavy atom. The van der Waals surface area contributed by atoms with Crippen LogP contribution in [0.2, 0.25) is 0 Å². The van der Waals surface area contributed by atoms with Gasteiger partial charge in [0.15, 0.2) is 0 Å². The second kappa shape index (κ2) is 5.23. The Kier molecular flexibility index (Phi) is 3.86. The largest absolute Gasteiger partial charge is 0.316 e. The molecule has 1 aromatic rings. The highest BCUT2D eigenvalue weighted by molar-refractivity contribution is 5.88. The third-order valence-electron chi connectivity index (χ3n) is 4.46. The molecule has 0 aromatic heterocycles. The Hall–Kier alpha value is -1.15. The quantitative estimate of drug-likeness (QED) is 0.883. The monoisotopic (exact) mass is 245 g/mol. The van der Waals surface area contributed by atoms with Gasteiger partial charge in [-0.2, -0.15) is 0 Å². The van der Waals surface area contributed by atoms with Crippen LogP contribution in [-0.4, -0.2) is 18.9 Å². The molecule has 1 fully saturated rings. The van der Waals surface area contributed by atoms with Gasteiger partial charge in [-0.15, -0.1) is 0 Å². The molecule has 1 aliphatic rings. The highest BCUT2D eigenvalue weighted by Crippen LogP contribution is 2.36. The van der Waals surface area contributed by atoms with Gasteiger partial charge < -0.3 is 5.32 Å². The van der Waals surface area contributed by atoms with Crippen LogP contribution in [0.15, 0.2) is 24.3 Å². The highest BCUT2D eigenvalue weighted by atomic mass is 16.1. The van der Waals surface area contributed by atoms with Crippen molar-refractivity contribution >= 4 is 5.78 Å². The molecule has 2 heteroatoms. The van der Waals surface area contributed by atoms with Crippen LogP contribution < -0.4 is 5.32 Å². The number of ketones is 1. The average Bonchev–Trinajstić information content (AvgIpc) is 2.82. The van der Waals surface area contributed by atoms with Crippen molar-refractivity contribution in [2.45, 2.75) is 33.6 Å². The molecule has 1 N–H and O–H groups in total. The van der Waals surface area contributed by atoms with Gasteiger partial charge >= 0.3 is 0 Å². The lowest BCUT2D eigenvalue weighted by Gasteiger charge is -2.31. The fourth-order valence-electron chi connectivity index (χ4n) is 2.92. The molecule has 98 valence electrons. The molecule has 1 saturated heterocycles. The highest BCUT2D eigenvalue weighted by Gasteiger charge is 2.43. The van der Waals surface area contributed by atoms with Crippen molar-refractivity contribution in [3.05, 3.63) is 35.4 Å². The summed E-state index contributed by atoms with van der Waals surface area (Å²) in [6.07, 6.45) is 1.56. The van der Waals surface area contributed by atoms with E-state index in [1.165, 1.54) is 11.1 Å². The van der Waals surface area contributed by atoms with E-state index in [4.69, 9.17) is 0 Å². The lowest BCUT2D eigenvalue weighted by atomic mass is 9.71. The number of benzene rings is 1. The van der Waals surface area contributed by atoms with Gasteiger partial charge in [0, 0.05) is 18.4 Å². The van der Waals surface area contributed by atoms with Crippen molar-refractivity contribution in [1.82, 2.24) is 5.32 Å². The van der Waals surface area contributed by atoms with Crippen LogP contribution >= 0.6 is 0 Å². The number of carbonyl (C=O) groups is 1. The number of hydrogen-bond acceptors (Lipinski definition) is 2. The van der Waals surface area contributed by atoms with Gasteiger partial charge in [0.05, 0.1) is 0 Å². The molecule has 18 heavy (non-hydrogen) atoms. The molecule has 1 unspecified atom stereocenters. The first kappa shape index (κ1) is 13.3. The summed E-state index contributed by atoms with van der Waals surface area (Å²) in [6, 6.07) is 8.20. The zero-order valence-corrected chi connectivity index (χ0v) is 11.6. The molecule has 0 aliphatic carbocycles. The predicted molar refractivity (Wildman–Crippen MR) is 74.6 cm³/mol. The van der Waals surface area contributed by atoms with Crippen LogP contribution in [0, 0.1) is 18.3 Å². The fourth-order valence-corrected chi connectivity index (χ4v) is 2.92. The summed E-state index contributed by atoms with van der Waals surface area (Å²) in [5.74, 6) is 0.806. The minimum absolute atomic E-state index is 0.151. The van der Waals surface area contributed by atoms with E-state index in [0.29, 0.717) is 18.1 Å². The molecular weight excluding hydrogens is 222 g/mol. The van der Waals surface area contributed by atoms with E-state index in [1.54, 1.807) is 0 Å². The molecule has 1 aliphatic heterocycles. The van der Waals surface area contributed by atoms with Crippen molar-refractivity contribution in [2.24, 2.45) is 11.3 Å². The van der Waals surface area contributed by atoms with E-state index in [0.717, 1.165) is 19.5 Å². The molecular formula is C16H23NO. The first-order valence-corrected chi connectivity index (χ1v) is 6.85. The van der Waals surface area contributed by atoms with Gasteiger partial charge in [0.1, 0.15) is 5.78 Å². The molecule has 0 saturated carbocycles. The van der Waals surface area contributed by atoms with Crippen LogP contribution in [0.1, 0.15) is 31.4 Å². The Morgan fingerprint density at radius 1 is 1.39 bits per heavy atom. The molecule has 2 rings (SSSR count). The van der Waals surface area contributed by atoms with Crippen molar-refractivity contribution < 1.29 is 4.79 Å². The van der Waals surface area contributed by atoms with E-state index in [-0.39, 0.29) is 5.41 Å². The third kappa shape index (κ3) is 2.35. The topological polar surface area (TPSA) is 29.1 Å². The lowest BCUT2D eigenvalue weighted by molar-refractivity contribution is -0.129. The van der Waals surface area contributed by atoms with Gasteiger partial charge in [-0.3, -0.25) is 4.79 Å². The van der Waals surface area contributed by atoms with E-state index >= 15 is 0 Å². The van der Waals surface area contributed by atoms with E-state index in [1.807, 2.05) is 12.1 Å². The van der Waals surface area contributed by atoms with E-state index in [2.05, 4.69) is 38.2 Å². The number of aryl methyl sites for hydroxylation is 1. The first-order chi connectivity index (χ1) is 8.56. The summed E-state index contributed by atoms with van der Waals surface area (Å²) < 4.78 is 0. The van der Waals surface area contributed by atoms with Gasteiger partial charge in [0.2, 0.25) is 0 Å². The summed E-state index contributed by atoms with van der Waals surface area (Å²) >= 11 is 0. The second-order valence-electron chi connectivity index (χ2n) is 5.76. The van der Waals surface area contributed by atoms with Crippen LogP contribution in [-0.2, 0) is 11.2 Å². The summed E-state index contributed by atoms with van der Waals surface area (Å²) in [5.41, 5.74) is 2.24. The van der Waals surface area contributed by atoms with Crippen molar-refractivity contribution in [3.63, 3.8) is 0 Å². The first-order valence-electron chi connectivity index (χ1n) is 6.85. The summed E-state index contributed by atoms with van der Waals surface area (Å²) in [7, 11) is 0. The predicted octanol–water partition coefficient (Wildman–Crippen LogP) is 2.74. The van der Waals surface area contributed by atoms with Gasteiger partial charge in [-0.05, 0) is 36.9 Å². The maximum Gasteiger partial charge on any atom is 0.144 e. The molecule has 0 spiro atoms. The third-order valence-corrected chi connectivity index (χ3v) is 4.46. The zero-order chi connectivity index (χ0) is 13.2. The summed E-state index contributed by atoms with van der Waals surface area (Å²) in [4.78, 5) is 12.7. The summed E-state index contributed by atoms with van der Waals surface area (Å²) in [5, 5.41) is 3.35. The molecule has 1 aromatic carbocycles. The van der Waals surface area contributed by atoms with Crippen molar-refractivity contribution in [1.29, 1.82) is 0 Å². The standard InChI is InChI=1S/C16H23NO/c1-12(2)16(8-9-17-11-16)15(18)10-14-7-5-4-6-13(14)3/h4-7,12,17H,8-11H2,1-3H3. The molecule has 1 heterocycles. The smallest absolute Gasteiger partial charge is 0.144 e. The molecule has 0 amide bonds. The van der Waals surface area contributed by atoms with Crippen LogP contribution in [0.4, 0.5) is 0 Å². The van der Waals surface area contributed by atoms with Crippen LogP contribution in [0.3, 0.4) is 0 Å². The number of hydrogen-bond donors (Lipinski definition) is 1. The maximum absolute atomic E-state index is 12.7. The Morgan fingerprint density at radius 2 is 2.11 bits per heavy atom. The van der Waals surface area contributed by atoms with E-state index in [9.17, 15) is 4.79 Å². The van der Waals surface area contributed by atoms with Crippen molar-refractivity contribution in [2.75, 3.05) is 13.1 Å². The van der Waals surface area contributed by atoms with E-state index < -0.39 is 0 Å². The minimum atomic E-state index is -0.151. The molecule has 0 bridgehead atoms. The average molecular weight is 245 g/mol. The normalized spacial score (nSPS) is 23.6.